The highest BCUT2D eigenvalue weighted by Gasteiger charge is 2.27. The van der Waals surface area contributed by atoms with E-state index in [0.717, 1.165) is 7.11 Å². The first-order valence-electron chi connectivity index (χ1n) is 4.02. The summed E-state index contributed by atoms with van der Waals surface area (Å²) in [5.41, 5.74) is -0.689. The average Bonchev–Trinajstić information content (AvgIpc) is 2.24. The van der Waals surface area contributed by atoms with Gasteiger partial charge in [0.25, 0.3) is 0 Å². The molecule has 0 bridgehead atoms. The van der Waals surface area contributed by atoms with Crippen LogP contribution in [-0.2, 0) is 4.79 Å². The second-order valence-corrected chi connectivity index (χ2v) is 2.85. The third kappa shape index (κ3) is 1.94. The van der Waals surface area contributed by atoms with E-state index in [1.54, 1.807) is 0 Å². The molecule has 1 rings (SSSR count). The number of halogens is 3. The molecule has 0 spiro atoms. The molecule has 0 amide bonds. The molecule has 0 radical (unpaired) electrons. The second-order valence-electron chi connectivity index (χ2n) is 2.85. The van der Waals surface area contributed by atoms with Crippen LogP contribution in [0.1, 0.15) is 11.7 Å². The molecular weight excluding hydrogens is 229 g/mol. The van der Waals surface area contributed by atoms with E-state index in [4.69, 9.17) is 10.2 Å². The summed E-state index contributed by atoms with van der Waals surface area (Å²) >= 11 is 0. The molecule has 16 heavy (non-hydrogen) atoms. The van der Waals surface area contributed by atoms with Crippen molar-refractivity contribution in [3.63, 3.8) is 0 Å². The molecule has 7 heteroatoms. The van der Waals surface area contributed by atoms with Crippen molar-refractivity contribution >= 4 is 5.97 Å². The summed E-state index contributed by atoms with van der Waals surface area (Å²) < 4.78 is 43.1. The molecular formula is C9H7F3O4. The van der Waals surface area contributed by atoms with E-state index in [-0.39, 0.29) is 0 Å². The number of methoxy groups -OCH3 is 1. The van der Waals surface area contributed by atoms with Gasteiger partial charge in [-0.3, -0.25) is 0 Å². The van der Waals surface area contributed by atoms with Crippen LogP contribution in [0, 0.1) is 17.5 Å². The topological polar surface area (TPSA) is 66.8 Å². The number of carboxylic acid groups (broad SMARTS) is 1. The predicted molar refractivity (Wildman–Crippen MR) is 45.5 cm³/mol. The van der Waals surface area contributed by atoms with Gasteiger partial charge in [-0.1, -0.05) is 0 Å². The number of rotatable bonds is 3. The molecule has 1 atom stereocenters. The molecule has 0 aromatic heterocycles. The summed E-state index contributed by atoms with van der Waals surface area (Å²) in [6.45, 7) is 0. The van der Waals surface area contributed by atoms with E-state index in [9.17, 15) is 18.0 Å². The summed E-state index contributed by atoms with van der Waals surface area (Å²) in [6, 6.07) is 0.371. The summed E-state index contributed by atoms with van der Waals surface area (Å²) in [7, 11) is 0.938. The Morgan fingerprint density at radius 2 is 1.94 bits per heavy atom. The van der Waals surface area contributed by atoms with Crippen molar-refractivity contribution in [2.24, 2.45) is 0 Å². The standard InChI is InChI=1S/C9H7F3O4/c1-16-8-3(7(13)9(14)15)2-4(10)5(11)6(8)12/h2,7,13H,1H3,(H,14,15). The summed E-state index contributed by atoms with van der Waals surface area (Å²) in [5.74, 6) is -7.65. The van der Waals surface area contributed by atoms with Gasteiger partial charge in [-0.15, -0.1) is 0 Å². The van der Waals surface area contributed by atoms with Crippen molar-refractivity contribution in [3.05, 3.63) is 29.1 Å². The van der Waals surface area contributed by atoms with Gasteiger partial charge in [0.05, 0.1) is 7.11 Å². The largest absolute Gasteiger partial charge is 0.493 e. The molecule has 0 saturated carbocycles. The van der Waals surface area contributed by atoms with Gasteiger partial charge < -0.3 is 14.9 Å². The van der Waals surface area contributed by atoms with Crippen LogP contribution in [0.3, 0.4) is 0 Å². The van der Waals surface area contributed by atoms with E-state index in [1.165, 1.54) is 0 Å². The maximum absolute atomic E-state index is 13.1. The van der Waals surface area contributed by atoms with Gasteiger partial charge in [-0.05, 0) is 6.07 Å². The van der Waals surface area contributed by atoms with Crippen molar-refractivity contribution < 1.29 is 32.9 Å². The van der Waals surface area contributed by atoms with E-state index < -0.39 is 40.8 Å². The number of aliphatic carboxylic acids is 1. The predicted octanol–water partition coefficient (Wildman–Crippen LogP) is 1.23. The van der Waals surface area contributed by atoms with E-state index in [1.807, 2.05) is 0 Å². The molecule has 0 saturated heterocycles. The molecule has 1 aromatic carbocycles. The molecule has 1 unspecified atom stereocenters. The number of ether oxygens (including phenoxy) is 1. The number of aliphatic hydroxyl groups excluding tert-OH is 1. The summed E-state index contributed by atoms with van der Waals surface area (Å²) in [4.78, 5) is 10.4. The number of hydrogen-bond acceptors (Lipinski definition) is 3. The third-order valence-corrected chi connectivity index (χ3v) is 1.88. The normalized spacial score (nSPS) is 12.3. The first-order valence-corrected chi connectivity index (χ1v) is 4.02. The van der Waals surface area contributed by atoms with E-state index >= 15 is 0 Å². The number of hydrogen-bond donors (Lipinski definition) is 2. The fourth-order valence-electron chi connectivity index (χ4n) is 1.14. The summed E-state index contributed by atoms with van der Waals surface area (Å²) in [6.07, 6.45) is -2.19. The number of carbonyl (C=O) groups is 1. The maximum Gasteiger partial charge on any atom is 0.337 e. The highest BCUT2D eigenvalue weighted by Crippen LogP contribution is 2.31. The minimum atomic E-state index is -2.19. The lowest BCUT2D eigenvalue weighted by Gasteiger charge is -2.12. The molecule has 0 heterocycles. The molecule has 88 valence electrons. The van der Waals surface area contributed by atoms with Gasteiger partial charge in [0.1, 0.15) is 0 Å². The number of aliphatic hydroxyl groups is 1. The van der Waals surface area contributed by atoms with Crippen molar-refractivity contribution in [2.75, 3.05) is 7.11 Å². The van der Waals surface area contributed by atoms with Crippen LogP contribution in [0.5, 0.6) is 5.75 Å². The van der Waals surface area contributed by atoms with Crippen LogP contribution in [0.2, 0.25) is 0 Å². The van der Waals surface area contributed by atoms with Gasteiger partial charge in [0, 0.05) is 5.56 Å². The molecule has 1 aromatic rings. The number of benzene rings is 1. The fourth-order valence-corrected chi connectivity index (χ4v) is 1.14. The minimum Gasteiger partial charge on any atom is -0.493 e. The summed E-state index contributed by atoms with van der Waals surface area (Å²) in [5, 5.41) is 17.6. The number of carboxylic acids is 1. The Kier molecular flexibility index (Phi) is 3.38. The third-order valence-electron chi connectivity index (χ3n) is 1.88. The lowest BCUT2D eigenvalue weighted by Crippen LogP contribution is -2.13. The van der Waals surface area contributed by atoms with Crippen LogP contribution < -0.4 is 4.74 Å². The molecule has 2 N–H and O–H groups in total. The van der Waals surface area contributed by atoms with Gasteiger partial charge >= 0.3 is 5.97 Å². The Labute approximate surface area is 87.9 Å². The molecule has 0 fully saturated rings. The highest BCUT2D eigenvalue weighted by atomic mass is 19.2. The van der Waals surface area contributed by atoms with Gasteiger partial charge in [-0.2, -0.15) is 4.39 Å². The average molecular weight is 236 g/mol. The van der Waals surface area contributed by atoms with Crippen LogP contribution in [0.25, 0.3) is 0 Å². The molecule has 4 nitrogen and oxygen atoms in total. The van der Waals surface area contributed by atoms with E-state index in [2.05, 4.69) is 4.74 Å². The van der Waals surface area contributed by atoms with Gasteiger partial charge in [-0.25, -0.2) is 13.6 Å². The van der Waals surface area contributed by atoms with Crippen molar-refractivity contribution in [3.8, 4) is 5.75 Å². The first kappa shape index (κ1) is 12.3. The monoisotopic (exact) mass is 236 g/mol. The van der Waals surface area contributed by atoms with Crippen molar-refractivity contribution in [1.82, 2.24) is 0 Å². The lowest BCUT2D eigenvalue weighted by molar-refractivity contribution is -0.147. The molecule has 0 aliphatic rings. The maximum atomic E-state index is 13.1. The quantitative estimate of drug-likeness (QED) is 0.774. The van der Waals surface area contributed by atoms with Crippen LogP contribution in [0.15, 0.2) is 6.07 Å². The van der Waals surface area contributed by atoms with Crippen LogP contribution in [0.4, 0.5) is 13.2 Å². The fraction of sp³-hybridized carbons (Fsp3) is 0.222. The zero-order chi connectivity index (χ0) is 12.5. The molecule has 0 aliphatic carbocycles. The van der Waals surface area contributed by atoms with Crippen molar-refractivity contribution in [2.45, 2.75) is 6.10 Å². The highest BCUT2D eigenvalue weighted by molar-refractivity contribution is 5.75. The molecule has 0 aliphatic heterocycles. The lowest BCUT2D eigenvalue weighted by atomic mass is 10.1. The SMILES string of the molecule is COc1c(C(O)C(=O)O)cc(F)c(F)c1F. The van der Waals surface area contributed by atoms with Crippen LogP contribution in [-0.4, -0.2) is 23.3 Å². The Morgan fingerprint density at radius 3 is 2.38 bits per heavy atom. The zero-order valence-electron chi connectivity index (χ0n) is 8.00. The van der Waals surface area contributed by atoms with E-state index in [0.29, 0.717) is 6.07 Å². The minimum absolute atomic E-state index is 0.371. The Bertz CT molecular complexity index is 433. The second kappa shape index (κ2) is 4.40. The van der Waals surface area contributed by atoms with Gasteiger partial charge in [0.15, 0.2) is 23.5 Å². The first-order chi connectivity index (χ1) is 7.40. The Hall–Kier alpha value is -1.76. The zero-order valence-corrected chi connectivity index (χ0v) is 8.00. The van der Waals surface area contributed by atoms with Gasteiger partial charge in [0.2, 0.25) is 5.82 Å². The van der Waals surface area contributed by atoms with Crippen LogP contribution >= 0.6 is 0 Å². The smallest absolute Gasteiger partial charge is 0.337 e. The Balaban J connectivity index is 3.44. The Morgan fingerprint density at radius 1 is 1.38 bits per heavy atom. The van der Waals surface area contributed by atoms with Crippen molar-refractivity contribution in [1.29, 1.82) is 0 Å².